The van der Waals surface area contributed by atoms with Gasteiger partial charge in [0.2, 0.25) is 0 Å². The van der Waals surface area contributed by atoms with E-state index < -0.39 is 0 Å². The molecule has 0 saturated heterocycles. The molecule has 1 heterocycles. The fourth-order valence-electron chi connectivity index (χ4n) is 2.61. The van der Waals surface area contributed by atoms with Crippen molar-refractivity contribution in [3.05, 3.63) is 65.7 Å². The minimum atomic E-state index is -0.0154. The van der Waals surface area contributed by atoms with Gasteiger partial charge < -0.3 is 5.11 Å². The summed E-state index contributed by atoms with van der Waals surface area (Å²) in [7, 11) is 0. The van der Waals surface area contributed by atoms with E-state index in [1.54, 1.807) is 6.92 Å². The molecule has 0 aliphatic heterocycles. The van der Waals surface area contributed by atoms with Crippen molar-refractivity contribution in [3.63, 3.8) is 0 Å². The molecule has 3 rings (SSSR count). The Morgan fingerprint density at radius 3 is 2.50 bits per heavy atom. The lowest BCUT2D eigenvalue weighted by Gasteiger charge is -2.08. The van der Waals surface area contributed by atoms with Crippen molar-refractivity contribution in [2.45, 2.75) is 20.0 Å². The molecule has 3 nitrogen and oxygen atoms in total. The molecule has 110 valence electrons. The van der Waals surface area contributed by atoms with Gasteiger partial charge in [0.15, 0.2) is 0 Å². The number of para-hydroxylation sites is 1. The van der Waals surface area contributed by atoms with Crippen LogP contribution in [0.1, 0.15) is 18.1 Å². The molecule has 0 radical (unpaired) electrons. The number of fused-ring (bicyclic) bond motifs is 1. The third-order valence-electron chi connectivity index (χ3n) is 3.67. The Hall–Kier alpha value is -2.52. The molecule has 22 heavy (non-hydrogen) atoms. The Balaban J connectivity index is 2.04. The van der Waals surface area contributed by atoms with Crippen molar-refractivity contribution in [2.75, 3.05) is 0 Å². The summed E-state index contributed by atoms with van der Waals surface area (Å²) in [6, 6.07) is 17.6. The van der Waals surface area contributed by atoms with Gasteiger partial charge in [0.1, 0.15) is 5.78 Å². The molecule has 0 saturated carbocycles. The lowest BCUT2D eigenvalue weighted by Crippen LogP contribution is -1.96. The summed E-state index contributed by atoms with van der Waals surface area (Å²) < 4.78 is 0. The topological polar surface area (TPSA) is 50.2 Å². The van der Waals surface area contributed by atoms with Crippen LogP contribution in [-0.2, 0) is 17.8 Å². The van der Waals surface area contributed by atoms with Crippen molar-refractivity contribution < 1.29 is 9.90 Å². The van der Waals surface area contributed by atoms with Crippen molar-refractivity contribution in [3.8, 4) is 11.3 Å². The van der Waals surface area contributed by atoms with Crippen molar-refractivity contribution >= 4 is 16.7 Å². The highest BCUT2D eigenvalue weighted by Crippen LogP contribution is 2.25. The van der Waals surface area contributed by atoms with E-state index in [9.17, 15) is 9.90 Å². The maximum atomic E-state index is 11.2. The van der Waals surface area contributed by atoms with E-state index in [4.69, 9.17) is 0 Å². The fraction of sp³-hybridized carbons (Fsp3) is 0.158. The monoisotopic (exact) mass is 291 g/mol. The Morgan fingerprint density at radius 2 is 1.82 bits per heavy atom. The normalized spacial score (nSPS) is 10.8. The first kappa shape index (κ1) is 14.4. The van der Waals surface area contributed by atoms with E-state index in [2.05, 4.69) is 4.98 Å². The average molecular weight is 291 g/mol. The van der Waals surface area contributed by atoms with Crippen LogP contribution in [0.15, 0.2) is 54.6 Å². The first-order valence-electron chi connectivity index (χ1n) is 7.25. The van der Waals surface area contributed by atoms with Crippen molar-refractivity contribution in [2.24, 2.45) is 0 Å². The van der Waals surface area contributed by atoms with Crippen LogP contribution in [0, 0.1) is 0 Å². The summed E-state index contributed by atoms with van der Waals surface area (Å²) in [6.45, 7) is 1.57. The number of pyridine rings is 1. The second-order valence-electron chi connectivity index (χ2n) is 5.42. The quantitative estimate of drug-likeness (QED) is 0.800. The van der Waals surface area contributed by atoms with Gasteiger partial charge >= 0.3 is 0 Å². The van der Waals surface area contributed by atoms with Gasteiger partial charge in [-0.25, -0.2) is 4.98 Å². The Morgan fingerprint density at radius 1 is 1.09 bits per heavy atom. The average Bonchev–Trinajstić information content (AvgIpc) is 2.54. The number of aliphatic hydroxyl groups is 1. The minimum absolute atomic E-state index is 0.0154. The van der Waals surface area contributed by atoms with Crippen LogP contribution in [0.4, 0.5) is 0 Å². The number of rotatable bonds is 4. The first-order chi connectivity index (χ1) is 10.7. The van der Waals surface area contributed by atoms with Crippen LogP contribution >= 0.6 is 0 Å². The SMILES string of the molecule is CC(=O)Cc1ccc(-c2cc(CO)c3ccccc3n2)cc1. The van der Waals surface area contributed by atoms with Crippen LogP contribution in [-0.4, -0.2) is 15.9 Å². The first-order valence-corrected chi connectivity index (χ1v) is 7.25. The minimum Gasteiger partial charge on any atom is -0.392 e. The third-order valence-corrected chi connectivity index (χ3v) is 3.67. The van der Waals surface area contributed by atoms with Crippen LogP contribution < -0.4 is 0 Å². The number of aromatic nitrogens is 1. The number of benzene rings is 2. The highest BCUT2D eigenvalue weighted by Gasteiger charge is 2.07. The molecule has 3 heteroatoms. The molecule has 0 unspecified atom stereocenters. The van der Waals surface area contributed by atoms with Gasteiger partial charge in [0.05, 0.1) is 17.8 Å². The van der Waals surface area contributed by atoms with E-state index in [-0.39, 0.29) is 12.4 Å². The highest BCUT2D eigenvalue weighted by atomic mass is 16.3. The smallest absolute Gasteiger partial charge is 0.134 e. The Bertz CT molecular complexity index is 822. The van der Waals surface area contributed by atoms with Crippen LogP contribution in [0.2, 0.25) is 0 Å². The fourth-order valence-corrected chi connectivity index (χ4v) is 2.61. The highest BCUT2D eigenvalue weighted by molar-refractivity contribution is 5.85. The molecule has 0 spiro atoms. The van der Waals surface area contributed by atoms with E-state index in [1.165, 1.54) is 0 Å². The van der Waals surface area contributed by atoms with E-state index in [1.807, 2.05) is 54.6 Å². The molecule has 1 N–H and O–H groups in total. The number of aliphatic hydroxyl groups excluding tert-OH is 1. The summed E-state index contributed by atoms with van der Waals surface area (Å²) in [5.74, 6) is 0.152. The zero-order valence-corrected chi connectivity index (χ0v) is 12.4. The Labute approximate surface area is 129 Å². The van der Waals surface area contributed by atoms with E-state index in [0.29, 0.717) is 6.42 Å². The van der Waals surface area contributed by atoms with Crippen LogP contribution in [0.5, 0.6) is 0 Å². The number of carbonyl (C=O) groups is 1. The van der Waals surface area contributed by atoms with Gasteiger partial charge in [-0.15, -0.1) is 0 Å². The second-order valence-corrected chi connectivity index (χ2v) is 5.42. The molecule has 0 aliphatic rings. The third kappa shape index (κ3) is 2.90. The number of hydrogen-bond acceptors (Lipinski definition) is 3. The number of Topliss-reactive ketones (excluding diaryl/α,β-unsaturated/α-hetero) is 1. The molecule has 0 amide bonds. The van der Waals surface area contributed by atoms with Crippen LogP contribution in [0.25, 0.3) is 22.2 Å². The summed E-state index contributed by atoms with van der Waals surface area (Å²) in [5.41, 5.74) is 4.55. The molecule has 0 atom stereocenters. The number of ketones is 1. The maximum Gasteiger partial charge on any atom is 0.134 e. The van der Waals surface area contributed by atoms with Gasteiger partial charge in [0.25, 0.3) is 0 Å². The van der Waals surface area contributed by atoms with Gasteiger partial charge in [0, 0.05) is 17.4 Å². The summed E-state index contributed by atoms with van der Waals surface area (Å²) in [6.07, 6.45) is 0.452. The summed E-state index contributed by atoms with van der Waals surface area (Å²) in [4.78, 5) is 15.8. The van der Waals surface area contributed by atoms with E-state index in [0.717, 1.165) is 33.3 Å². The van der Waals surface area contributed by atoms with E-state index >= 15 is 0 Å². The molecule has 1 aromatic heterocycles. The molecule has 2 aromatic carbocycles. The zero-order valence-electron chi connectivity index (χ0n) is 12.4. The van der Waals surface area contributed by atoms with Gasteiger partial charge in [-0.2, -0.15) is 0 Å². The van der Waals surface area contributed by atoms with Gasteiger partial charge in [-0.3, -0.25) is 4.79 Å². The van der Waals surface area contributed by atoms with Crippen molar-refractivity contribution in [1.82, 2.24) is 4.98 Å². The largest absolute Gasteiger partial charge is 0.392 e. The Kier molecular flexibility index (Phi) is 3.98. The standard InChI is InChI=1S/C19H17NO2/c1-13(22)10-14-6-8-15(9-7-14)19-11-16(12-21)17-4-2-3-5-18(17)20-19/h2-9,11,21H,10,12H2,1H3. The molecule has 0 bridgehead atoms. The van der Waals surface area contributed by atoms with Crippen LogP contribution in [0.3, 0.4) is 0 Å². The number of carbonyl (C=O) groups excluding carboxylic acids is 1. The molecule has 3 aromatic rings. The molecular formula is C19H17NO2. The zero-order chi connectivity index (χ0) is 15.5. The summed E-state index contributed by atoms with van der Waals surface area (Å²) >= 11 is 0. The van der Waals surface area contributed by atoms with Gasteiger partial charge in [-0.05, 0) is 30.2 Å². The maximum absolute atomic E-state index is 11.2. The predicted molar refractivity (Wildman–Crippen MR) is 87.5 cm³/mol. The lowest BCUT2D eigenvalue weighted by molar-refractivity contribution is -0.116. The molecular weight excluding hydrogens is 274 g/mol. The summed E-state index contributed by atoms with van der Waals surface area (Å²) in [5, 5.41) is 10.6. The molecule has 0 fully saturated rings. The number of nitrogens with zero attached hydrogens (tertiary/aromatic N) is 1. The predicted octanol–water partition coefficient (Wildman–Crippen LogP) is 3.53. The van der Waals surface area contributed by atoms with Crippen molar-refractivity contribution in [1.29, 1.82) is 0 Å². The van der Waals surface area contributed by atoms with Gasteiger partial charge in [-0.1, -0.05) is 42.5 Å². The lowest BCUT2D eigenvalue weighted by atomic mass is 10.0. The second kappa shape index (κ2) is 6.08. The molecule has 0 aliphatic carbocycles. The number of hydrogen-bond donors (Lipinski definition) is 1.